The van der Waals surface area contributed by atoms with Gasteiger partial charge in [-0.1, -0.05) is 11.6 Å². The quantitative estimate of drug-likeness (QED) is 0.566. The van der Waals surface area contributed by atoms with Crippen LogP contribution >= 0.6 is 22.9 Å². The van der Waals surface area contributed by atoms with Gasteiger partial charge in [0.15, 0.2) is 6.61 Å². The number of hydrogen-bond donors (Lipinski definition) is 0. The summed E-state index contributed by atoms with van der Waals surface area (Å²) >= 11 is 7.31. The summed E-state index contributed by atoms with van der Waals surface area (Å²) in [6.45, 7) is 4.16. The van der Waals surface area contributed by atoms with Crippen LogP contribution in [0, 0.1) is 13.8 Å². The molecule has 0 saturated carbocycles. The maximum atomic E-state index is 12.2. The van der Waals surface area contributed by atoms with Gasteiger partial charge < -0.3 is 14.1 Å². The average Bonchev–Trinajstić information content (AvgIpc) is 3.19. The number of aryl methyl sites for hydroxylation is 2. The molecular formula is C20H20ClNO4S. The van der Waals surface area contributed by atoms with Crippen LogP contribution < -0.4 is 0 Å². The highest BCUT2D eigenvalue weighted by atomic mass is 35.5. The molecule has 1 amide bonds. The number of amides is 1. The van der Waals surface area contributed by atoms with Gasteiger partial charge in [-0.2, -0.15) is 0 Å². The second-order valence-corrected chi connectivity index (χ2v) is 8.29. The van der Waals surface area contributed by atoms with Gasteiger partial charge in [-0.3, -0.25) is 9.59 Å². The fourth-order valence-electron chi connectivity index (χ4n) is 2.69. The number of furan rings is 1. The molecule has 0 aliphatic carbocycles. The highest BCUT2D eigenvalue weighted by Crippen LogP contribution is 2.25. The minimum absolute atomic E-state index is 0.0625. The van der Waals surface area contributed by atoms with E-state index >= 15 is 0 Å². The third kappa shape index (κ3) is 4.70. The summed E-state index contributed by atoms with van der Waals surface area (Å²) in [7, 11) is 1.67. The molecule has 0 N–H and O–H groups in total. The van der Waals surface area contributed by atoms with Crippen molar-refractivity contribution in [3.63, 3.8) is 0 Å². The van der Waals surface area contributed by atoms with Crippen LogP contribution in [0.1, 0.15) is 21.6 Å². The molecule has 0 atom stereocenters. The average molecular weight is 406 g/mol. The monoisotopic (exact) mass is 405 g/mol. The van der Waals surface area contributed by atoms with Crippen molar-refractivity contribution in [2.24, 2.45) is 0 Å². The Hall–Kier alpha value is -2.31. The maximum absolute atomic E-state index is 12.2. The number of rotatable bonds is 6. The number of carbonyl (C=O) groups excluding carboxylic acids is 2. The molecule has 0 fully saturated rings. The molecule has 2 heterocycles. The summed E-state index contributed by atoms with van der Waals surface area (Å²) in [6, 6.07) is 7.62. The molecule has 0 bridgehead atoms. The Balaban J connectivity index is 1.55. The van der Waals surface area contributed by atoms with Crippen molar-refractivity contribution in [1.82, 2.24) is 4.90 Å². The minimum Gasteiger partial charge on any atom is -0.464 e. The fourth-order valence-corrected chi connectivity index (χ4v) is 3.83. The zero-order valence-corrected chi connectivity index (χ0v) is 16.9. The van der Waals surface area contributed by atoms with Gasteiger partial charge in [0.25, 0.3) is 5.91 Å². The van der Waals surface area contributed by atoms with Crippen molar-refractivity contribution in [1.29, 1.82) is 0 Å². The largest absolute Gasteiger partial charge is 0.464 e. The van der Waals surface area contributed by atoms with E-state index in [9.17, 15) is 9.59 Å². The Kier molecular flexibility index (Phi) is 5.87. The molecule has 0 aliphatic rings. The number of likely N-dealkylation sites (N-methyl/N-ethyl adjacent to an activating group) is 1. The van der Waals surface area contributed by atoms with Crippen molar-refractivity contribution in [3.05, 3.63) is 56.4 Å². The molecule has 0 spiro atoms. The smallest absolute Gasteiger partial charge is 0.310 e. The molecule has 27 heavy (non-hydrogen) atoms. The minimum atomic E-state index is -0.461. The third-order valence-corrected chi connectivity index (χ3v) is 5.62. The van der Waals surface area contributed by atoms with Gasteiger partial charge in [-0.25, -0.2) is 0 Å². The predicted molar refractivity (Wildman–Crippen MR) is 106 cm³/mol. The zero-order valence-electron chi connectivity index (χ0n) is 15.4. The molecular weight excluding hydrogens is 386 g/mol. The molecule has 142 valence electrons. The zero-order chi connectivity index (χ0) is 19.6. The van der Waals surface area contributed by atoms with E-state index in [2.05, 4.69) is 0 Å². The van der Waals surface area contributed by atoms with Gasteiger partial charge in [0.2, 0.25) is 0 Å². The Labute approximate surface area is 166 Å². The van der Waals surface area contributed by atoms with Crippen molar-refractivity contribution >= 4 is 45.8 Å². The van der Waals surface area contributed by atoms with Crippen molar-refractivity contribution < 1.29 is 18.7 Å². The van der Waals surface area contributed by atoms with E-state index < -0.39 is 5.97 Å². The van der Waals surface area contributed by atoms with Crippen molar-refractivity contribution in [3.8, 4) is 0 Å². The maximum Gasteiger partial charge on any atom is 0.310 e. The number of nitrogens with zero attached hydrogens (tertiary/aromatic N) is 1. The van der Waals surface area contributed by atoms with Crippen molar-refractivity contribution in [2.45, 2.75) is 26.8 Å². The second-order valence-electron chi connectivity index (χ2n) is 6.49. The van der Waals surface area contributed by atoms with E-state index in [4.69, 9.17) is 20.8 Å². The second kappa shape index (κ2) is 8.15. The number of thiophene rings is 1. The first-order chi connectivity index (χ1) is 12.8. The van der Waals surface area contributed by atoms with E-state index in [1.165, 1.54) is 16.2 Å². The van der Waals surface area contributed by atoms with Gasteiger partial charge in [-0.15, -0.1) is 11.3 Å². The van der Waals surface area contributed by atoms with E-state index in [1.54, 1.807) is 19.4 Å². The lowest BCUT2D eigenvalue weighted by atomic mass is 10.0. The van der Waals surface area contributed by atoms with Crippen LogP contribution in [0.15, 0.2) is 34.9 Å². The molecule has 0 radical (unpaired) electrons. The summed E-state index contributed by atoms with van der Waals surface area (Å²) in [4.78, 5) is 26.8. The molecule has 3 aromatic rings. The number of ether oxygens (including phenoxy) is 1. The Morgan fingerprint density at radius 1 is 1.22 bits per heavy atom. The number of fused-ring (bicyclic) bond motifs is 1. The predicted octanol–water partition coefficient (Wildman–Crippen LogP) is 4.51. The van der Waals surface area contributed by atoms with Crippen LogP contribution in [-0.4, -0.2) is 30.4 Å². The Bertz CT molecular complexity index is 991. The summed E-state index contributed by atoms with van der Waals surface area (Å²) < 4.78 is 11.4. The third-order valence-electron chi connectivity index (χ3n) is 4.41. The van der Waals surface area contributed by atoms with Crippen LogP contribution in [0.3, 0.4) is 0 Å². The van der Waals surface area contributed by atoms with Crippen LogP contribution in [0.4, 0.5) is 0 Å². The van der Waals surface area contributed by atoms with E-state index in [1.807, 2.05) is 32.0 Å². The number of carbonyl (C=O) groups is 2. The summed E-state index contributed by atoms with van der Waals surface area (Å²) in [5.41, 5.74) is 3.76. The highest BCUT2D eigenvalue weighted by molar-refractivity contribution is 7.16. The van der Waals surface area contributed by atoms with Gasteiger partial charge >= 0.3 is 5.97 Å². The molecule has 0 aliphatic heterocycles. The number of hydrogen-bond acceptors (Lipinski definition) is 5. The lowest BCUT2D eigenvalue weighted by Crippen LogP contribution is -2.30. The molecule has 0 unspecified atom stereocenters. The Morgan fingerprint density at radius 2 is 1.96 bits per heavy atom. The van der Waals surface area contributed by atoms with Crippen molar-refractivity contribution in [2.75, 3.05) is 13.7 Å². The van der Waals surface area contributed by atoms with Crippen LogP contribution in [-0.2, 0) is 27.3 Å². The summed E-state index contributed by atoms with van der Waals surface area (Å²) in [5.74, 6) is -0.728. The summed E-state index contributed by atoms with van der Waals surface area (Å²) in [6.07, 6.45) is 1.63. The first kappa shape index (κ1) is 19.5. The first-order valence-corrected chi connectivity index (χ1v) is 9.64. The molecule has 7 heteroatoms. The number of halogens is 1. The van der Waals surface area contributed by atoms with Gasteiger partial charge in [0, 0.05) is 22.9 Å². The lowest BCUT2D eigenvalue weighted by molar-refractivity contribution is -0.151. The van der Waals surface area contributed by atoms with Crippen LogP contribution in [0.25, 0.3) is 11.0 Å². The Morgan fingerprint density at radius 3 is 2.67 bits per heavy atom. The molecule has 1 aromatic carbocycles. The van der Waals surface area contributed by atoms with Gasteiger partial charge in [-0.05, 0) is 49.2 Å². The van der Waals surface area contributed by atoms with Crippen LogP contribution in [0.5, 0.6) is 0 Å². The number of benzene rings is 1. The van der Waals surface area contributed by atoms with E-state index in [0.717, 1.165) is 32.5 Å². The first-order valence-electron chi connectivity index (χ1n) is 8.44. The molecule has 0 saturated heterocycles. The molecule has 2 aromatic heterocycles. The number of esters is 1. The normalized spacial score (nSPS) is 11.0. The van der Waals surface area contributed by atoms with Gasteiger partial charge in [0.05, 0.1) is 23.6 Å². The SMILES string of the molecule is Cc1cc2occ(CC(=O)OCC(=O)N(C)Cc3ccc(Cl)s3)c2cc1C. The van der Waals surface area contributed by atoms with E-state index in [0.29, 0.717) is 10.9 Å². The standard InChI is InChI=1S/C20H20ClNO4S/c1-12-6-16-14(10-25-17(16)7-13(12)2)8-20(24)26-11-19(23)22(3)9-15-4-5-18(21)27-15/h4-7,10H,8-9,11H2,1-3H3. The molecule has 3 rings (SSSR count). The fraction of sp³-hybridized carbons (Fsp3) is 0.300. The highest BCUT2D eigenvalue weighted by Gasteiger charge is 2.16. The summed E-state index contributed by atoms with van der Waals surface area (Å²) in [5, 5.41) is 0.896. The van der Waals surface area contributed by atoms with Gasteiger partial charge in [0.1, 0.15) is 5.58 Å². The lowest BCUT2D eigenvalue weighted by Gasteiger charge is -2.16. The van der Waals surface area contributed by atoms with E-state index in [-0.39, 0.29) is 18.9 Å². The topological polar surface area (TPSA) is 59.8 Å². The molecule has 5 nitrogen and oxygen atoms in total. The van der Waals surface area contributed by atoms with Crippen LogP contribution in [0.2, 0.25) is 4.34 Å².